The van der Waals surface area contributed by atoms with E-state index in [0.29, 0.717) is 6.54 Å². The third-order valence-electron chi connectivity index (χ3n) is 3.31. The number of rotatable bonds is 5. The molecule has 0 atom stereocenters. The van der Waals surface area contributed by atoms with E-state index in [1.165, 1.54) is 0 Å². The van der Waals surface area contributed by atoms with Crippen LogP contribution in [0.25, 0.3) is 21.3 Å². The molecule has 0 bridgehead atoms. The smallest absolute Gasteiger partial charge is 0.183 e. The van der Waals surface area contributed by atoms with Gasteiger partial charge in [0.1, 0.15) is 6.67 Å². The first kappa shape index (κ1) is 15.2. The molecule has 2 aromatic carbocycles. The van der Waals surface area contributed by atoms with Crippen LogP contribution in [0, 0.1) is 0 Å². The normalized spacial score (nSPS) is 10.9. The summed E-state index contributed by atoms with van der Waals surface area (Å²) < 4.78 is 15.2. The Labute approximate surface area is 141 Å². The van der Waals surface area contributed by atoms with E-state index in [4.69, 9.17) is 0 Å². The van der Waals surface area contributed by atoms with Crippen molar-refractivity contribution in [2.75, 3.05) is 29.5 Å². The van der Waals surface area contributed by atoms with E-state index < -0.39 is 6.67 Å². The molecule has 0 amide bonds. The van der Waals surface area contributed by atoms with Crippen LogP contribution in [0.3, 0.4) is 0 Å². The van der Waals surface area contributed by atoms with Crippen molar-refractivity contribution >= 4 is 48.5 Å². The molecule has 3 rings (SSSR count). The topological polar surface area (TPSA) is 28.2 Å². The number of alkyl halides is 1. The van der Waals surface area contributed by atoms with Crippen LogP contribution in [0.1, 0.15) is 0 Å². The maximum atomic E-state index is 12.2. The van der Waals surface area contributed by atoms with E-state index in [0.717, 1.165) is 32.2 Å². The van der Waals surface area contributed by atoms with Crippen molar-refractivity contribution in [3.05, 3.63) is 42.5 Å². The predicted molar refractivity (Wildman–Crippen MR) is 96.9 cm³/mol. The van der Waals surface area contributed by atoms with E-state index in [1.54, 1.807) is 11.3 Å². The summed E-state index contributed by atoms with van der Waals surface area (Å²) in [6.45, 7) is -0.0935. The Morgan fingerprint density at radius 1 is 1.18 bits per heavy atom. The zero-order valence-electron chi connectivity index (χ0n) is 12.0. The standard InChI is InChI=1S/C16H15BrFN3S/c1-21(17)13-5-2-11(3-6-13)12-4-7-15-14(10-12)20-16(22-15)19-9-8-18/h2-7,10H,8-9H2,1H3,(H,19,20). The molecule has 3 aromatic rings. The van der Waals surface area contributed by atoms with Crippen LogP contribution in [0.4, 0.5) is 15.2 Å². The van der Waals surface area contributed by atoms with Gasteiger partial charge in [-0.3, -0.25) is 0 Å². The fourth-order valence-electron chi connectivity index (χ4n) is 2.20. The van der Waals surface area contributed by atoms with Crippen LogP contribution >= 0.6 is 27.5 Å². The number of nitrogens with zero attached hydrogens (tertiary/aromatic N) is 2. The fourth-order valence-corrected chi connectivity index (χ4v) is 3.30. The number of anilines is 2. The molecule has 0 radical (unpaired) electrons. The maximum absolute atomic E-state index is 12.2. The number of hydrogen-bond donors (Lipinski definition) is 1. The molecule has 114 valence electrons. The summed E-state index contributed by atoms with van der Waals surface area (Å²) in [6.07, 6.45) is 0. The van der Waals surface area contributed by atoms with Crippen molar-refractivity contribution in [1.29, 1.82) is 0 Å². The van der Waals surface area contributed by atoms with Crippen molar-refractivity contribution in [3.63, 3.8) is 0 Å². The number of thiazole rings is 1. The summed E-state index contributed by atoms with van der Waals surface area (Å²) in [5.41, 5.74) is 4.30. The highest BCUT2D eigenvalue weighted by atomic mass is 79.9. The molecule has 1 N–H and O–H groups in total. The van der Waals surface area contributed by atoms with Gasteiger partial charge in [0.2, 0.25) is 0 Å². The zero-order chi connectivity index (χ0) is 15.5. The van der Waals surface area contributed by atoms with Crippen molar-refractivity contribution in [3.8, 4) is 11.1 Å². The van der Waals surface area contributed by atoms with E-state index >= 15 is 0 Å². The van der Waals surface area contributed by atoms with Gasteiger partial charge in [-0.25, -0.2) is 9.37 Å². The Hall–Kier alpha value is -1.66. The molecule has 0 aliphatic rings. The van der Waals surface area contributed by atoms with Gasteiger partial charge in [-0.05, 0) is 35.4 Å². The minimum Gasteiger partial charge on any atom is -0.359 e. The van der Waals surface area contributed by atoms with Gasteiger partial charge < -0.3 is 9.24 Å². The summed E-state index contributed by atoms with van der Waals surface area (Å²) in [6, 6.07) is 14.5. The van der Waals surface area contributed by atoms with Crippen LogP contribution in [-0.2, 0) is 0 Å². The molecule has 0 aliphatic heterocycles. The summed E-state index contributed by atoms with van der Waals surface area (Å²) in [4.78, 5) is 4.51. The minimum atomic E-state index is -0.393. The van der Waals surface area contributed by atoms with Gasteiger partial charge in [-0.2, -0.15) is 0 Å². The van der Waals surface area contributed by atoms with Crippen LogP contribution < -0.4 is 9.24 Å². The molecule has 6 heteroatoms. The summed E-state index contributed by atoms with van der Waals surface area (Å²) >= 11 is 4.96. The lowest BCUT2D eigenvalue weighted by atomic mass is 10.1. The molecular formula is C16H15BrFN3S. The van der Waals surface area contributed by atoms with Gasteiger partial charge in [0.25, 0.3) is 0 Å². The van der Waals surface area contributed by atoms with Crippen molar-refractivity contribution in [2.24, 2.45) is 0 Å². The summed E-state index contributed by atoms with van der Waals surface area (Å²) in [5, 5.41) is 3.75. The van der Waals surface area contributed by atoms with Gasteiger partial charge in [0.05, 0.1) is 10.2 Å². The molecule has 1 heterocycles. The Morgan fingerprint density at radius 3 is 2.59 bits per heavy atom. The Kier molecular flexibility index (Phi) is 4.59. The van der Waals surface area contributed by atoms with Gasteiger partial charge >= 0.3 is 0 Å². The molecule has 3 nitrogen and oxygen atoms in total. The Morgan fingerprint density at radius 2 is 1.91 bits per heavy atom. The van der Waals surface area contributed by atoms with Crippen LogP contribution in [0.15, 0.2) is 42.5 Å². The molecule has 0 unspecified atom stereocenters. The van der Waals surface area contributed by atoms with E-state index in [-0.39, 0.29) is 0 Å². The van der Waals surface area contributed by atoms with Crippen LogP contribution in [0.2, 0.25) is 0 Å². The zero-order valence-corrected chi connectivity index (χ0v) is 14.4. The SMILES string of the molecule is CN(Br)c1ccc(-c2ccc3sc(NCCF)nc3c2)cc1. The van der Waals surface area contributed by atoms with Crippen LogP contribution in [0.5, 0.6) is 0 Å². The van der Waals surface area contributed by atoms with Gasteiger partial charge in [0, 0.05) is 35.4 Å². The highest BCUT2D eigenvalue weighted by Crippen LogP contribution is 2.31. The highest BCUT2D eigenvalue weighted by Gasteiger charge is 2.06. The Bertz CT molecular complexity index is 771. The van der Waals surface area contributed by atoms with Gasteiger partial charge in [-0.1, -0.05) is 29.5 Å². The molecular weight excluding hydrogens is 365 g/mol. The monoisotopic (exact) mass is 379 g/mol. The number of halogens is 2. The summed E-state index contributed by atoms with van der Waals surface area (Å²) in [5.74, 6) is 0. The molecule has 0 spiro atoms. The predicted octanol–water partition coefficient (Wildman–Crippen LogP) is 5.09. The average Bonchev–Trinajstić information content (AvgIpc) is 2.94. The Balaban J connectivity index is 1.90. The molecule has 0 fully saturated rings. The molecule has 0 aliphatic carbocycles. The molecule has 0 saturated heterocycles. The van der Waals surface area contributed by atoms with Crippen LogP contribution in [-0.4, -0.2) is 25.3 Å². The van der Waals surface area contributed by atoms with E-state index in [2.05, 4.69) is 68.9 Å². The first-order chi connectivity index (χ1) is 10.7. The number of hydrogen-bond acceptors (Lipinski definition) is 4. The molecule has 0 saturated carbocycles. The quantitative estimate of drug-likeness (QED) is 0.625. The lowest BCUT2D eigenvalue weighted by molar-refractivity contribution is 0.512. The third kappa shape index (κ3) is 3.23. The summed E-state index contributed by atoms with van der Waals surface area (Å²) in [7, 11) is 1.95. The second-order valence-corrected chi connectivity index (χ2v) is 6.94. The van der Waals surface area contributed by atoms with Crippen molar-refractivity contribution in [2.45, 2.75) is 0 Å². The maximum Gasteiger partial charge on any atom is 0.183 e. The van der Waals surface area contributed by atoms with Gasteiger partial charge in [0.15, 0.2) is 5.13 Å². The largest absolute Gasteiger partial charge is 0.359 e. The van der Waals surface area contributed by atoms with Crippen molar-refractivity contribution in [1.82, 2.24) is 4.98 Å². The minimum absolute atomic E-state index is 0.300. The first-order valence-corrected chi connectivity index (χ1v) is 8.40. The molecule has 22 heavy (non-hydrogen) atoms. The average molecular weight is 380 g/mol. The van der Waals surface area contributed by atoms with E-state index in [9.17, 15) is 4.39 Å². The lowest BCUT2D eigenvalue weighted by Gasteiger charge is -2.10. The second-order valence-electron chi connectivity index (χ2n) is 4.84. The van der Waals surface area contributed by atoms with Gasteiger partial charge in [-0.15, -0.1) is 0 Å². The number of benzene rings is 2. The number of fused-ring (bicyclic) bond motifs is 1. The fraction of sp³-hybridized carbons (Fsp3) is 0.188. The molecule has 1 aromatic heterocycles. The second kappa shape index (κ2) is 6.62. The van der Waals surface area contributed by atoms with E-state index in [1.807, 2.05) is 11.0 Å². The number of nitrogens with one attached hydrogen (secondary N) is 1. The number of aromatic nitrogens is 1. The first-order valence-electron chi connectivity index (χ1n) is 6.88. The third-order valence-corrected chi connectivity index (χ3v) is 4.72. The lowest BCUT2D eigenvalue weighted by Crippen LogP contribution is -2.01. The highest BCUT2D eigenvalue weighted by molar-refractivity contribution is 9.10. The van der Waals surface area contributed by atoms with Crippen molar-refractivity contribution < 1.29 is 4.39 Å².